The summed E-state index contributed by atoms with van der Waals surface area (Å²) >= 11 is 0. The Balaban J connectivity index is 0.00000267. The van der Waals surface area contributed by atoms with Gasteiger partial charge in [0, 0.05) is 40.8 Å². The fraction of sp³-hybridized carbons (Fsp3) is 0.387. The molecule has 2 bridgehead atoms. The molecule has 5 heterocycles. The summed E-state index contributed by atoms with van der Waals surface area (Å²) in [5.41, 5.74) is 6.12. The number of fused-ring (bicyclic) bond motifs is 1. The van der Waals surface area contributed by atoms with Crippen molar-refractivity contribution in [2.45, 2.75) is 69.2 Å². The van der Waals surface area contributed by atoms with Crippen LogP contribution in [0.1, 0.15) is 91.8 Å². The highest BCUT2D eigenvalue weighted by molar-refractivity contribution is 5.58. The van der Waals surface area contributed by atoms with E-state index in [1.807, 2.05) is 12.5 Å². The highest BCUT2D eigenvalue weighted by atomic mass is 35.5. The van der Waals surface area contributed by atoms with Crippen LogP contribution < -0.4 is 21.7 Å². The van der Waals surface area contributed by atoms with Gasteiger partial charge in [-0.05, 0) is 24.6 Å². The number of unbranched alkanes of at least 4 members (excludes halogenated alkanes) is 5. The minimum atomic E-state index is -0.279. The van der Waals surface area contributed by atoms with E-state index in [0.717, 1.165) is 25.2 Å². The van der Waals surface area contributed by atoms with Crippen LogP contribution >= 0.6 is 0 Å². The van der Waals surface area contributed by atoms with Crippen LogP contribution in [-0.4, -0.2) is 6.61 Å². The Morgan fingerprint density at radius 1 is 0.889 bits per heavy atom. The van der Waals surface area contributed by atoms with Gasteiger partial charge in [0.15, 0.2) is 17.9 Å². The summed E-state index contributed by atoms with van der Waals surface area (Å²) in [7, 11) is 0. The summed E-state index contributed by atoms with van der Waals surface area (Å²) in [6, 6.07) is 17.7. The second kappa shape index (κ2) is 10.6. The standard InChI is InChI=1S/C31H34NO3.ClH/c1-2-3-4-5-6-9-17-35-28-13-10-11-25-27-20-31(23-14-18-33-21-23,24-15-19-34-22-24)30(29(25)28)26-12-7-8-16-32(26)27;/h7-8,10-16,18-19,21-22,27,30H,2-6,9,17,20H2,1H3;1H/q+1;/p-1/t27-,30-;/m1./s1. The van der Waals surface area contributed by atoms with Crippen LogP contribution in [0.25, 0.3) is 0 Å². The van der Waals surface area contributed by atoms with Crippen LogP contribution in [0.5, 0.6) is 5.75 Å². The zero-order valence-corrected chi connectivity index (χ0v) is 21.6. The molecular weight excluding hydrogens is 470 g/mol. The lowest BCUT2D eigenvalue weighted by Gasteiger charge is -2.48. The monoisotopic (exact) mass is 503 g/mol. The number of hydrogen-bond acceptors (Lipinski definition) is 3. The van der Waals surface area contributed by atoms with E-state index < -0.39 is 0 Å². The van der Waals surface area contributed by atoms with Crippen LogP contribution in [-0.2, 0) is 5.41 Å². The van der Waals surface area contributed by atoms with Gasteiger partial charge in [0.1, 0.15) is 5.75 Å². The molecule has 1 aromatic carbocycles. The fourth-order valence-electron chi connectivity index (χ4n) is 6.55. The lowest BCUT2D eigenvalue weighted by molar-refractivity contribution is -0.732. The number of rotatable bonds is 10. The third-order valence-electron chi connectivity index (χ3n) is 8.14. The second-order valence-corrected chi connectivity index (χ2v) is 10.1. The van der Waals surface area contributed by atoms with Gasteiger partial charge in [-0.25, -0.2) is 0 Å². The molecule has 0 fully saturated rings. The molecule has 0 amide bonds. The van der Waals surface area contributed by atoms with E-state index in [4.69, 9.17) is 13.6 Å². The van der Waals surface area contributed by atoms with Crippen molar-refractivity contribution in [2.75, 3.05) is 6.61 Å². The second-order valence-electron chi connectivity index (χ2n) is 10.1. The maximum absolute atomic E-state index is 6.55. The van der Waals surface area contributed by atoms with Crippen molar-refractivity contribution in [3.63, 3.8) is 0 Å². The summed E-state index contributed by atoms with van der Waals surface area (Å²) in [5, 5.41) is 0. The molecular formula is C31H34ClNO3. The molecule has 0 radical (unpaired) electrons. The first-order valence-electron chi connectivity index (χ1n) is 13.2. The summed E-state index contributed by atoms with van der Waals surface area (Å²) in [5.74, 6) is 1.12. The van der Waals surface area contributed by atoms with Crippen molar-refractivity contribution < 1.29 is 30.5 Å². The van der Waals surface area contributed by atoms with Gasteiger partial charge in [-0.1, -0.05) is 57.2 Å². The first-order valence-corrected chi connectivity index (χ1v) is 13.2. The largest absolute Gasteiger partial charge is 1.00 e. The quantitative estimate of drug-likeness (QED) is 0.239. The summed E-state index contributed by atoms with van der Waals surface area (Å²) in [4.78, 5) is 0. The Morgan fingerprint density at radius 3 is 2.36 bits per heavy atom. The van der Waals surface area contributed by atoms with E-state index in [-0.39, 0.29) is 29.8 Å². The highest BCUT2D eigenvalue weighted by Gasteiger charge is 2.61. The summed E-state index contributed by atoms with van der Waals surface area (Å²) in [6.07, 6.45) is 18.2. The number of hydrogen-bond donors (Lipinski definition) is 0. The van der Waals surface area contributed by atoms with Crippen LogP contribution in [0.2, 0.25) is 0 Å². The molecule has 0 unspecified atom stereocenters. The predicted octanol–water partition coefficient (Wildman–Crippen LogP) is 4.33. The number of ether oxygens (including phenoxy) is 1. The average molecular weight is 504 g/mol. The smallest absolute Gasteiger partial charge is 0.190 e. The van der Waals surface area contributed by atoms with E-state index in [2.05, 4.69) is 66.2 Å². The molecule has 4 nitrogen and oxygen atoms in total. The van der Waals surface area contributed by atoms with Crippen molar-refractivity contribution >= 4 is 0 Å². The number of nitrogens with zero attached hydrogens (tertiary/aromatic N) is 1. The molecule has 2 atom stereocenters. The summed E-state index contributed by atoms with van der Waals surface area (Å²) in [6.45, 7) is 3.03. The number of furan rings is 2. The fourth-order valence-corrected chi connectivity index (χ4v) is 6.55. The highest BCUT2D eigenvalue weighted by Crippen LogP contribution is 2.61. The van der Waals surface area contributed by atoms with Gasteiger partial charge in [0.25, 0.3) is 0 Å². The molecule has 4 aromatic rings. The van der Waals surface area contributed by atoms with Gasteiger partial charge in [-0.3, -0.25) is 0 Å². The minimum Gasteiger partial charge on any atom is -1.00 e. The predicted molar refractivity (Wildman–Crippen MR) is 135 cm³/mol. The Kier molecular flexibility index (Phi) is 7.25. The molecule has 7 rings (SSSR count). The number of pyridine rings is 1. The topological polar surface area (TPSA) is 39.4 Å². The van der Waals surface area contributed by atoms with Gasteiger partial charge in [0.2, 0.25) is 0 Å². The zero-order chi connectivity index (χ0) is 23.7. The zero-order valence-electron chi connectivity index (χ0n) is 20.9. The molecule has 0 spiro atoms. The third-order valence-corrected chi connectivity index (χ3v) is 8.14. The Morgan fingerprint density at radius 2 is 1.64 bits per heavy atom. The Bertz CT molecular complexity index is 1230. The number of benzene rings is 1. The molecule has 3 aliphatic rings. The molecule has 0 N–H and O–H groups in total. The van der Waals surface area contributed by atoms with E-state index in [9.17, 15) is 0 Å². The van der Waals surface area contributed by atoms with Crippen LogP contribution in [0, 0.1) is 0 Å². The molecule has 2 aliphatic heterocycles. The Labute approximate surface area is 219 Å². The average Bonchev–Trinajstić information content (AvgIpc) is 3.64. The summed E-state index contributed by atoms with van der Waals surface area (Å²) < 4.78 is 20.3. The van der Waals surface area contributed by atoms with E-state index in [1.165, 1.54) is 60.1 Å². The van der Waals surface area contributed by atoms with Gasteiger partial charge >= 0.3 is 0 Å². The van der Waals surface area contributed by atoms with Gasteiger partial charge in [-0.2, -0.15) is 4.57 Å². The van der Waals surface area contributed by atoms with Crippen molar-refractivity contribution in [3.8, 4) is 5.75 Å². The lowest BCUT2D eigenvalue weighted by atomic mass is 9.54. The van der Waals surface area contributed by atoms with Gasteiger partial charge in [-0.15, -0.1) is 0 Å². The van der Waals surface area contributed by atoms with Gasteiger partial charge < -0.3 is 26.0 Å². The Hall–Kier alpha value is -2.98. The van der Waals surface area contributed by atoms with Crippen LogP contribution in [0.4, 0.5) is 0 Å². The van der Waals surface area contributed by atoms with Crippen molar-refractivity contribution in [1.82, 2.24) is 0 Å². The molecule has 36 heavy (non-hydrogen) atoms. The van der Waals surface area contributed by atoms with E-state index >= 15 is 0 Å². The van der Waals surface area contributed by atoms with Crippen LogP contribution in [0.3, 0.4) is 0 Å². The van der Waals surface area contributed by atoms with Crippen molar-refractivity contribution in [1.29, 1.82) is 0 Å². The number of halogens is 1. The molecule has 0 saturated heterocycles. The van der Waals surface area contributed by atoms with Crippen LogP contribution in [0.15, 0.2) is 88.6 Å². The third kappa shape index (κ3) is 3.96. The SMILES string of the molecule is CCCCCCCCOc1cccc2c1[C@H]1c3cccc[n+]3[C@@H]2CC1(c1ccoc1)c1ccoc1.[Cl-]. The maximum atomic E-state index is 6.55. The van der Waals surface area contributed by atoms with Crippen molar-refractivity contribution in [2.24, 2.45) is 0 Å². The molecule has 0 saturated carbocycles. The molecule has 188 valence electrons. The normalized spacial score (nSPS) is 18.8. The molecule has 3 aromatic heterocycles. The van der Waals surface area contributed by atoms with Gasteiger partial charge in [0.05, 0.1) is 43.0 Å². The number of aromatic nitrogens is 1. The molecule has 5 heteroatoms. The first kappa shape index (κ1) is 24.7. The minimum absolute atomic E-state index is 0. The maximum Gasteiger partial charge on any atom is 0.190 e. The van der Waals surface area contributed by atoms with Crippen molar-refractivity contribution in [3.05, 3.63) is 108 Å². The molecule has 1 aliphatic carbocycles. The lowest BCUT2D eigenvalue weighted by Crippen LogP contribution is -3.00. The van der Waals surface area contributed by atoms with E-state index in [0.29, 0.717) is 0 Å². The first-order chi connectivity index (χ1) is 17.3. The van der Waals surface area contributed by atoms with E-state index in [1.54, 1.807) is 12.5 Å².